The quantitative estimate of drug-likeness (QED) is 0.865. The summed E-state index contributed by atoms with van der Waals surface area (Å²) in [6.07, 6.45) is 3.82. The Labute approximate surface area is 109 Å². The molecule has 0 radical (unpaired) electrons. The van der Waals surface area contributed by atoms with Crippen LogP contribution in [-0.2, 0) is 0 Å². The Morgan fingerprint density at radius 2 is 1.78 bits per heavy atom. The first-order valence-corrected chi connectivity index (χ1v) is 6.70. The first-order valence-electron chi connectivity index (χ1n) is 6.70. The van der Waals surface area contributed by atoms with Gasteiger partial charge >= 0.3 is 0 Å². The number of ether oxygens (including phenoxy) is 1. The van der Waals surface area contributed by atoms with Gasteiger partial charge in [-0.15, -0.1) is 0 Å². The van der Waals surface area contributed by atoms with Crippen LogP contribution in [0.25, 0.3) is 0 Å². The van der Waals surface area contributed by atoms with Crippen molar-refractivity contribution in [1.29, 1.82) is 0 Å². The van der Waals surface area contributed by atoms with Gasteiger partial charge in [-0.05, 0) is 62.8 Å². The van der Waals surface area contributed by atoms with Crippen molar-refractivity contribution >= 4 is 5.69 Å². The minimum atomic E-state index is -0.0956. The van der Waals surface area contributed by atoms with Crippen molar-refractivity contribution in [2.24, 2.45) is 0 Å². The summed E-state index contributed by atoms with van der Waals surface area (Å²) in [4.78, 5) is 0. The molecule has 100 valence electrons. The molecule has 2 rings (SSSR count). The Kier molecular flexibility index (Phi) is 4.12. The molecule has 1 fully saturated rings. The maximum absolute atomic E-state index is 9.52. The van der Waals surface area contributed by atoms with Gasteiger partial charge in [0.2, 0.25) is 0 Å². The molecule has 1 aliphatic carbocycles. The number of aliphatic hydroxyl groups is 1. The summed E-state index contributed by atoms with van der Waals surface area (Å²) in [5.41, 5.74) is 3.56. The molecule has 0 amide bonds. The Balaban J connectivity index is 2.07. The summed E-state index contributed by atoms with van der Waals surface area (Å²) in [6, 6.07) is 4.72. The van der Waals surface area contributed by atoms with E-state index in [2.05, 4.69) is 31.3 Å². The zero-order valence-corrected chi connectivity index (χ0v) is 11.5. The van der Waals surface area contributed by atoms with Crippen LogP contribution in [0.5, 0.6) is 5.75 Å². The Morgan fingerprint density at radius 1 is 1.11 bits per heavy atom. The van der Waals surface area contributed by atoms with Crippen molar-refractivity contribution < 1.29 is 9.84 Å². The standard InChI is InChI=1S/C15H23NO2/c1-10-9-15(18-3)11(2)8-14(10)16-12-4-6-13(17)7-5-12/h8-9,12-13,16-17H,4-7H2,1-3H3. The van der Waals surface area contributed by atoms with Crippen molar-refractivity contribution in [3.63, 3.8) is 0 Å². The summed E-state index contributed by atoms with van der Waals surface area (Å²) in [6.45, 7) is 4.16. The predicted octanol–water partition coefficient (Wildman–Crippen LogP) is 3.03. The minimum Gasteiger partial charge on any atom is -0.496 e. The summed E-state index contributed by atoms with van der Waals surface area (Å²) >= 11 is 0. The van der Waals surface area contributed by atoms with E-state index in [4.69, 9.17) is 4.74 Å². The highest BCUT2D eigenvalue weighted by atomic mass is 16.5. The van der Waals surface area contributed by atoms with E-state index in [0.29, 0.717) is 6.04 Å². The Morgan fingerprint density at radius 3 is 2.39 bits per heavy atom. The number of rotatable bonds is 3. The van der Waals surface area contributed by atoms with Crippen LogP contribution in [0.4, 0.5) is 5.69 Å². The number of anilines is 1. The van der Waals surface area contributed by atoms with E-state index in [-0.39, 0.29) is 6.10 Å². The number of hydrogen-bond donors (Lipinski definition) is 2. The number of hydrogen-bond acceptors (Lipinski definition) is 3. The largest absolute Gasteiger partial charge is 0.496 e. The molecule has 3 heteroatoms. The fourth-order valence-electron chi connectivity index (χ4n) is 2.61. The zero-order valence-electron chi connectivity index (χ0n) is 11.5. The summed E-state index contributed by atoms with van der Waals surface area (Å²) in [5, 5.41) is 13.1. The highest BCUT2D eigenvalue weighted by molar-refractivity contribution is 5.57. The molecule has 0 unspecified atom stereocenters. The molecule has 1 saturated carbocycles. The number of methoxy groups -OCH3 is 1. The lowest BCUT2D eigenvalue weighted by Gasteiger charge is -2.28. The smallest absolute Gasteiger partial charge is 0.122 e. The van der Waals surface area contributed by atoms with E-state index in [1.54, 1.807) is 7.11 Å². The van der Waals surface area contributed by atoms with Crippen LogP contribution in [0, 0.1) is 13.8 Å². The van der Waals surface area contributed by atoms with Crippen molar-refractivity contribution in [2.45, 2.75) is 51.7 Å². The van der Waals surface area contributed by atoms with E-state index < -0.39 is 0 Å². The molecule has 3 nitrogen and oxygen atoms in total. The molecule has 1 aromatic carbocycles. The monoisotopic (exact) mass is 249 g/mol. The molecule has 0 bridgehead atoms. The fourth-order valence-corrected chi connectivity index (χ4v) is 2.61. The lowest BCUT2D eigenvalue weighted by molar-refractivity contribution is 0.126. The minimum absolute atomic E-state index is 0.0956. The molecule has 0 spiro atoms. The van der Waals surface area contributed by atoms with Crippen LogP contribution in [-0.4, -0.2) is 24.4 Å². The van der Waals surface area contributed by atoms with E-state index in [1.807, 2.05) is 0 Å². The van der Waals surface area contributed by atoms with Crippen LogP contribution in [0.3, 0.4) is 0 Å². The maximum Gasteiger partial charge on any atom is 0.122 e. The van der Waals surface area contributed by atoms with Crippen LogP contribution in [0.1, 0.15) is 36.8 Å². The van der Waals surface area contributed by atoms with Gasteiger partial charge in [-0.2, -0.15) is 0 Å². The van der Waals surface area contributed by atoms with Gasteiger partial charge in [0.05, 0.1) is 13.2 Å². The van der Waals surface area contributed by atoms with Gasteiger partial charge in [-0.1, -0.05) is 0 Å². The number of aliphatic hydroxyl groups excluding tert-OH is 1. The molecule has 0 heterocycles. The van der Waals surface area contributed by atoms with Gasteiger partial charge < -0.3 is 15.2 Å². The molecule has 0 atom stereocenters. The molecule has 18 heavy (non-hydrogen) atoms. The number of aryl methyl sites for hydroxylation is 2. The molecule has 0 aromatic heterocycles. The lowest BCUT2D eigenvalue weighted by atomic mass is 9.92. The van der Waals surface area contributed by atoms with Gasteiger partial charge in [0.15, 0.2) is 0 Å². The van der Waals surface area contributed by atoms with Gasteiger partial charge in [0, 0.05) is 11.7 Å². The zero-order chi connectivity index (χ0) is 13.1. The molecule has 2 N–H and O–H groups in total. The van der Waals surface area contributed by atoms with Crippen molar-refractivity contribution in [1.82, 2.24) is 0 Å². The van der Waals surface area contributed by atoms with Gasteiger partial charge in [-0.3, -0.25) is 0 Å². The Hall–Kier alpha value is -1.22. The summed E-state index contributed by atoms with van der Waals surface area (Å²) in [7, 11) is 1.71. The van der Waals surface area contributed by atoms with Crippen LogP contribution in [0.15, 0.2) is 12.1 Å². The number of benzene rings is 1. The highest BCUT2D eigenvalue weighted by Crippen LogP contribution is 2.28. The van der Waals surface area contributed by atoms with E-state index in [9.17, 15) is 5.11 Å². The molecule has 0 aliphatic heterocycles. The van der Waals surface area contributed by atoms with Crippen LogP contribution < -0.4 is 10.1 Å². The fraction of sp³-hybridized carbons (Fsp3) is 0.600. The second-order valence-corrected chi connectivity index (χ2v) is 5.29. The maximum atomic E-state index is 9.52. The highest BCUT2D eigenvalue weighted by Gasteiger charge is 2.19. The molecular formula is C15H23NO2. The first kappa shape index (κ1) is 13.2. The lowest BCUT2D eigenvalue weighted by Crippen LogP contribution is -2.28. The third-order valence-electron chi connectivity index (χ3n) is 3.80. The molecule has 1 aromatic rings. The van der Waals surface area contributed by atoms with Crippen molar-refractivity contribution in [3.05, 3.63) is 23.3 Å². The first-order chi connectivity index (χ1) is 8.60. The topological polar surface area (TPSA) is 41.5 Å². The van der Waals surface area contributed by atoms with Crippen LogP contribution >= 0.6 is 0 Å². The average molecular weight is 249 g/mol. The molecular weight excluding hydrogens is 226 g/mol. The van der Waals surface area contributed by atoms with E-state index in [1.165, 1.54) is 11.3 Å². The van der Waals surface area contributed by atoms with Crippen LogP contribution in [0.2, 0.25) is 0 Å². The van der Waals surface area contributed by atoms with Gasteiger partial charge in [-0.25, -0.2) is 0 Å². The van der Waals surface area contributed by atoms with Gasteiger partial charge in [0.25, 0.3) is 0 Å². The Bertz CT molecular complexity index is 409. The summed E-state index contributed by atoms with van der Waals surface area (Å²) in [5.74, 6) is 0.942. The average Bonchev–Trinajstić information content (AvgIpc) is 2.36. The predicted molar refractivity (Wildman–Crippen MR) is 74.4 cm³/mol. The SMILES string of the molecule is COc1cc(C)c(NC2CCC(O)CC2)cc1C. The second kappa shape index (κ2) is 5.61. The van der Waals surface area contributed by atoms with E-state index >= 15 is 0 Å². The molecule has 1 aliphatic rings. The normalized spacial score (nSPS) is 23.8. The van der Waals surface area contributed by atoms with Crippen molar-refractivity contribution in [2.75, 3.05) is 12.4 Å². The van der Waals surface area contributed by atoms with Gasteiger partial charge in [0.1, 0.15) is 5.75 Å². The number of nitrogens with one attached hydrogen (secondary N) is 1. The third kappa shape index (κ3) is 2.96. The summed E-state index contributed by atoms with van der Waals surface area (Å²) < 4.78 is 5.32. The van der Waals surface area contributed by atoms with E-state index in [0.717, 1.165) is 37.0 Å². The third-order valence-corrected chi connectivity index (χ3v) is 3.80. The second-order valence-electron chi connectivity index (χ2n) is 5.29. The molecule has 0 saturated heterocycles. The van der Waals surface area contributed by atoms with Crippen molar-refractivity contribution in [3.8, 4) is 5.75 Å².